The molecule has 7 nitrogen and oxygen atoms in total. The van der Waals surface area contributed by atoms with Crippen molar-refractivity contribution in [3.63, 3.8) is 0 Å². The number of aromatic nitrogens is 3. The Morgan fingerprint density at radius 1 is 1.58 bits per heavy atom. The Balaban J connectivity index is 2.17. The minimum atomic E-state index is -1.36. The van der Waals surface area contributed by atoms with Gasteiger partial charge in [0.05, 0.1) is 23.5 Å². The van der Waals surface area contributed by atoms with E-state index in [1.165, 1.54) is 11.0 Å². The highest BCUT2D eigenvalue weighted by Gasteiger charge is 2.13. The number of carboxylic acids is 1. The van der Waals surface area contributed by atoms with Gasteiger partial charge in [0.2, 0.25) is 0 Å². The van der Waals surface area contributed by atoms with Crippen LogP contribution in [0.3, 0.4) is 0 Å². The molecule has 0 atom stereocenters. The Kier molecular flexibility index (Phi) is 3.32. The number of nitrogens with two attached hydrogens (primary N) is 1. The molecule has 0 aliphatic rings. The molecule has 0 unspecified atom stereocenters. The van der Waals surface area contributed by atoms with Crippen LogP contribution < -0.4 is 11.1 Å². The molecule has 1 aromatic carbocycles. The topological polar surface area (TPSA) is 106 Å². The third kappa shape index (κ3) is 2.79. The third-order valence-electron chi connectivity index (χ3n) is 2.45. The summed E-state index contributed by atoms with van der Waals surface area (Å²) in [7, 11) is 1.73. The van der Waals surface area contributed by atoms with E-state index in [2.05, 4.69) is 15.4 Å². The van der Waals surface area contributed by atoms with Gasteiger partial charge in [0.1, 0.15) is 12.1 Å². The number of rotatable bonds is 4. The van der Waals surface area contributed by atoms with Crippen LogP contribution in [0.4, 0.5) is 15.8 Å². The highest BCUT2D eigenvalue weighted by Crippen LogP contribution is 2.23. The predicted molar refractivity (Wildman–Crippen MR) is 66.1 cm³/mol. The Bertz CT molecular complexity index is 626. The van der Waals surface area contributed by atoms with Crippen molar-refractivity contribution in [3.8, 4) is 0 Å². The van der Waals surface area contributed by atoms with E-state index in [-0.39, 0.29) is 12.2 Å². The quantitative estimate of drug-likeness (QED) is 0.707. The van der Waals surface area contributed by atoms with E-state index in [1.807, 2.05) is 0 Å². The summed E-state index contributed by atoms with van der Waals surface area (Å²) in [4.78, 5) is 14.7. The van der Waals surface area contributed by atoms with Crippen LogP contribution in [-0.4, -0.2) is 25.8 Å². The van der Waals surface area contributed by atoms with E-state index >= 15 is 0 Å². The highest BCUT2D eigenvalue weighted by molar-refractivity contribution is 5.90. The molecule has 0 aliphatic carbocycles. The monoisotopic (exact) mass is 265 g/mol. The number of hydrogen-bond donors (Lipinski definition) is 3. The molecule has 4 N–H and O–H groups in total. The summed E-state index contributed by atoms with van der Waals surface area (Å²) in [5.74, 6) is -1.69. The van der Waals surface area contributed by atoms with E-state index in [1.54, 1.807) is 7.05 Å². The van der Waals surface area contributed by atoms with Crippen LogP contribution in [0.2, 0.25) is 0 Å². The average Bonchev–Trinajstić information content (AvgIpc) is 2.75. The molecule has 0 spiro atoms. The van der Waals surface area contributed by atoms with Gasteiger partial charge in [-0.25, -0.2) is 14.2 Å². The summed E-state index contributed by atoms with van der Waals surface area (Å²) in [5.41, 5.74) is 5.65. The van der Waals surface area contributed by atoms with Gasteiger partial charge in [-0.3, -0.25) is 4.68 Å². The van der Waals surface area contributed by atoms with Crippen molar-refractivity contribution < 1.29 is 14.3 Å². The van der Waals surface area contributed by atoms with Crippen LogP contribution in [0.25, 0.3) is 0 Å². The van der Waals surface area contributed by atoms with Crippen LogP contribution in [-0.2, 0) is 13.6 Å². The molecule has 8 heteroatoms. The summed E-state index contributed by atoms with van der Waals surface area (Å²) >= 11 is 0. The Morgan fingerprint density at radius 2 is 2.32 bits per heavy atom. The molecule has 2 rings (SSSR count). The summed E-state index contributed by atoms with van der Waals surface area (Å²) in [6, 6.07) is 2.12. The molecule has 1 heterocycles. The Morgan fingerprint density at radius 3 is 2.89 bits per heavy atom. The van der Waals surface area contributed by atoms with Crippen molar-refractivity contribution in [1.82, 2.24) is 14.8 Å². The lowest BCUT2D eigenvalue weighted by atomic mass is 10.1. The number of aromatic carboxylic acids is 1. The largest absolute Gasteiger partial charge is 0.478 e. The summed E-state index contributed by atoms with van der Waals surface area (Å²) in [6.45, 7) is 0.261. The van der Waals surface area contributed by atoms with Gasteiger partial charge in [0.25, 0.3) is 0 Å². The first-order valence-electron chi connectivity index (χ1n) is 5.38. The SMILES string of the molecule is Cn1cnc(CNc2cc(F)c(C(=O)O)cc2N)n1. The zero-order valence-corrected chi connectivity index (χ0v) is 10.1. The lowest BCUT2D eigenvalue weighted by Crippen LogP contribution is -2.08. The summed E-state index contributed by atoms with van der Waals surface area (Å²) in [5, 5.41) is 15.6. The lowest BCUT2D eigenvalue weighted by Gasteiger charge is -2.09. The van der Waals surface area contributed by atoms with Crippen LogP contribution in [0.15, 0.2) is 18.5 Å². The van der Waals surface area contributed by atoms with Gasteiger partial charge in [0.15, 0.2) is 5.82 Å². The maximum Gasteiger partial charge on any atom is 0.338 e. The van der Waals surface area contributed by atoms with Crippen LogP contribution in [0.5, 0.6) is 0 Å². The molecule has 0 saturated carbocycles. The number of nitrogen functional groups attached to an aromatic ring is 1. The van der Waals surface area contributed by atoms with Gasteiger partial charge in [-0.2, -0.15) is 5.10 Å². The second-order valence-electron chi connectivity index (χ2n) is 3.91. The lowest BCUT2D eigenvalue weighted by molar-refractivity contribution is 0.0692. The van der Waals surface area contributed by atoms with Gasteiger partial charge >= 0.3 is 5.97 Å². The van der Waals surface area contributed by atoms with Crippen molar-refractivity contribution in [2.75, 3.05) is 11.1 Å². The minimum absolute atomic E-state index is 0.148. The molecular weight excluding hydrogens is 253 g/mol. The van der Waals surface area contributed by atoms with E-state index in [9.17, 15) is 9.18 Å². The van der Waals surface area contributed by atoms with Crippen molar-refractivity contribution >= 4 is 17.3 Å². The standard InChI is InChI=1S/C11H12FN5O2/c1-17-5-15-10(16-17)4-14-9-3-7(12)6(11(18)19)2-8(9)13/h2-3,5,14H,4,13H2,1H3,(H,18,19). The van der Waals surface area contributed by atoms with Crippen LogP contribution in [0, 0.1) is 5.82 Å². The average molecular weight is 265 g/mol. The number of nitrogens with one attached hydrogen (secondary N) is 1. The summed E-state index contributed by atoms with van der Waals surface area (Å²) in [6.07, 6.45) is 1.54. The van der Waals surface area contributed by atoms with Crippen molar-refractivity contribution in [2.24, 2.45) is 7.05 Å². The van der Waals surface area contributed by atoms with Crippen molar-refractivity contribution in [1.29, 1.82) is 0 Å². The van der Waals surface area contributed by atoms with Crippen molar-refractivity contribution in [3.05, 3.63) is 35.7 Å². The van der Waals surface area contributed by atoms with E-state index in [4.69, 9.17) is 10.8 Å². The molecule has 0 amide bonds. The normalized spacial score (nSPS) is 10.4. The number of nitrogens with zero attached hydrogens (tertiary/aromatic N) is 3. The van der Waals surface area contributed by atoms with Gasteiger partial charge in [-0.15, -0.1) is 0 Å². The molecule has 100 valence electrons. The third-order valence-corrected chi connectivity index (χ3v) is 2.45. The number of hydrogen-bond acceptors (Lipinski definition) is 5. The maximum atomic E-state index is 13.5. The van der Waals surface area contributed by atoms with Crippen LogP contribution in [0.1, 0.15) is 16.2 Å². The molecule has 19 heavy (non-hydrogen) atoms. The fraction of sp³-hybridized carbons (Fsp3) is 0.182. The van der Waals surface area contributed by atoms with Crippen molar-refractivity contribution in [2.45, 2.75) is 6.54 Å². The molecule has 0 fully saturated rings. The molecule has 2 aromatic rings. The first-order valence-corrected chi connectivity index (χ1v) is 5.38. The highest BCUT2D eigenvalue weighted by atomic mass is 19.1. The fourth-order valence-electron chi connectivity index (χ4n) is 1.55. The number of carbonyl (C=O) groups is 1. The zero-order chi connectivity index (χ0) is 14.0. The molecule has 1 aromatic heterocycles. The minimum Gasteiger partial charge on any atom is -0.478 e. The molecule has 0 bridgehead atoms. The maximum absolute atomic E-state index is 13.5. The number of anilines is 2. The molecule has 0 radical (unpaired) electrons. The number of carboxylic acid groups (broad SMARTS) is 1. The van der Waals surface area contributed by atoms with E-state index in [0.29, 0.717) is 11.5 Å². The molecule has 0 saturated heterocycles. The van der Waals surface area contributed by atoms with Gasteiger partial charge in [-0.05, 0) is 12.1 Å². The second-order valence-corrected chi connectivity index (χ2v) is 3.91. The second kappa shape index (κ2) is 4.92. The van der Waals surface area contributed by atoms with Crippen LogP contribution >= 0.6 is 0 Å². The summed E-state index contributed by atoms with van der Waals surface area (Å²) < 4.78 is 15.0. The molecule has 0 aliphatic heterocycles. The fourth-order valence-corrected chi connectivity index (χ4v) is 1.55. The van der Waals surface area contributed by atoms with E-state index in [0.717, 1.165) is 12.1 Å². The van der Waals surface area contributed by atoms with E-state index < -0.39 is 17.3 Å². The van der Waals surface area contributed by atoms with Gasteiger partial charge in [0, 0.05) is 7.05 Å². The molecular formula is C11H12FN5O2. The number of benzene rings is 1. The first kappa shape index (κ1) is 12.8. The Hall–Kier alpha value is -2.64. The smallest absolute Gasteiger partial charge is 0.338 e. The van der Waals surface area contributed by atoms with Gasteiger partial charge < -0.3 is 16.2 Å². The number of halogens is 1. The predicted octanol–water partition coefficient (Wildman–Crippen LogP) is 0.847. The van der Waals surface area contributed by atoms with Gasteiger partial charge in [-0.1, -0.05) is 0 Å². The first-order chi connectivity index (χ1) is 8.97. The number of aryl methyl sites for hydroxylation is 1. The zero-order valence-electron chi connectivity index (χ0n) is 10.1. The Labute approximate surface area is 107 Å².